The molecule has 0 unspecified atom stereocenters. The van der Waals surface area contributed by atoms with Crippen molar-refractivity contribution < 1.29 is 4.39 Å². The highest BCUT2D eigenvalue weighted by Gasteiger charge is 1.99. The first-order valence-electron chi connectivity index (χ1n) is 2.84. The van der Waals surface area contributed by atoms with E-state index in [4.69, 9.17) is 5.84 Å². The quantitative estimate of drug-likeness (QED) is 0.346. The third-order valence-electron chi connectivity index (χ3n) is 1.14. The lowest BCUT2D eigenvalue weighted by molar-refractivity contribution is 0.583. The fourth-order valence-electron chi connectivity index (χ4n) is 0.633. The average Bonchev–Trinajstić information content (AvgIpc) is 1.88. The van der Waals surface area contributed by atoms with Crippen molar-refractivity contribution in [2.45, 2.75) is 6.92 Å². The van der Waals surface area contributed by atoms with E-state index in [1.165, 1.54) is 6.07 Å². The minimum atomic E-state index is -0.567. The normalized spacial score (nSPS) is 9.50. The summed E-state index contributed by atoms with van der Waals surface area (Å²) in [6.07, 6.45) is 0. The van der Waals surface area contributed by atoms with Gasteiger partial charge in [-0.2, -0.15) is 4.39 Å². The van der Waals surface area contributed by atoms with Gasteiger partial charge in [0.15, 0.2) is 0 Å². The molecule has 4 heteroatoms. The van der Waals surface area contributed by atoms with Crippen molar-refractivity contribution in [1.29, 1.82) is 0 Å². The summed E-state index contributed by atoms with van der Waals surface area (Å²) < 4.78 is 12.6. The van der Waals surface area contributed by atoms with Gasteiger partial charge in [-0.15, -0.1) is 0 Å². The lowest BCUT2D eigenvalue weighted by Gasteiger charge is -1.99. The van der Waals surface area contributed by atoms with Crippen LogP contribution in [0.2, 0.25) is 0 Å². The van der Waals surface area contributed by atoms with Crippen molar-refractivity contribution in [2.75, 3.05) is 5.43 Å². The second kappa shape index (κ2) is 2.62. The second-order valence-electron chi connectivity index (χ2n) is 1.94. The summed E-state index contributed by atoms with van der Waals surface area (Å²) in [4.78, 5) is 3.54. The van der Waals surface area contributed by atoms with Gasteiger partial charge in [0.25, 0.3) is 0 Å². The Morgan fingerprint density at radius 1 is 1.60 bits per heavy atom. The molecule has 10 heavy (non-hydrogen) atoms. The van der Waals surface area contributed by atoms with E-state index < -0.39 is 5.95 Å². The molecule has 0 saturated carbocycles. The van der Waals surface area contributed by atoms with Crippen molar-refractivity contribution in [3.05, 3.63) is 23.8 Å². The van der Waals surface area contributed by atoms with E-state index >= 15 is 0 Å². The monoisotopic (exact) mass is 141 g/mol. The van der Waals surface area contributed by atoms with Crippen LogP contribution in [0.25, 0.3) is 0 Å². The Bertz CT molecular complexity index is 236. The van der Waals surface area contributed by atoms with E-state index in [0.29, 0.717) is 5.69 Å². The molecule has 1 rings (SSSR count). The number of aryl methyl sites for hydroxylation is 1. The van der Waals surface area contributed by atoms with Crippen LogP contribution in [0, 0.1) is 12.9 Å². The molecule has 0 aliphatic heterocycles. The van der Waals surface area contributed by atoms with E-state index in [0.717, 1.165) is 0 Å². The molecule has 0 saturated heterocycles. The molecule has 3 N–H and O–H groups in total. The Balaban J connectivity index is 3.07. The van der Waals surface area contributed by atoms with Crippen LogP contribution in [0.3, 0.4) is 0 Å². The number of hydrogen-bond donors (Lipinski definition) is 2. The number of pyridine rings is 1. The molecular formula is C6H8FN3. The van der Waals surface area contributed by atoms with E-state index in [9.17, 15) is 4.39 Å². The van der Waals surface area contributed by atoms with Crippen LogP contribution in [0.1, 0.15) is 5.69 Å². The molecule has 1 heterocycles. The predicted molar refractivity (Wildman–Crippen MR) is 36.7 cm³/mol. The Hall–Kier alpha value is -1.16. The Labute approximate surface area is 58.0 Å². The van der Waals surface area contributed by atoms with Gasteiger partial charge in [-0.1, -0.05) is 0 Å². The van der Waals surface area contributed by atoms with Crippen molar-refractivity contribution >= 4 is 5.69 Å². The predicted octanol–water partition coefficient (Wildman–Crippen LogP) is 0.815. The third-order valence-corrected chi connectivity index (χ3v) is 1.14. The number of anilines is 1. The number of aromatic nitrogens is 1. The number of hydrogen-bond acceptors (Lipinski definition) is 3. The van der Waals surface area contributed by atoms with Crippen LogP contribution in [0.15, 0.2) is 12.1 Å². The van der Waals surface area contributed by atoms with E-state index in [1.54, 1.807) is 13.0 Å². The third kappa shape index (κ3) is 1.22. The Morgan fingerprint density at radius 2 is 2.30 bits per heavy atom. The number of hydrazine groups is 1. The summed E-state index contributed by atoms with van der Waals surface area (Å²) in [5.74, 6) is 4.40. The number of rotatable bonds is 1. The highest BCUT2D eigenvalue weighted by molar-refractivity contribution is 5.40. The van der Waals surface area contributed by atoms with E-state index in [-0.39, 0.29) is 5.69 Å². The summed E-state index contributed by atoms with van der Waals surface area (Å²) in [7, 11) is 0. The maximum Gasteiger partial charge on any atom is 0.237 e. The first-order chi connectivity index (χ1) is 4.74. The molecule has 0 fully saturated rings. The summed E-state index contributed by atoms with van der Waals surface area (Å²) >= 11 is 0. The van der Waals surface area contributed by atoms with Crippen LogP contribution in [0.5, 0.6) is 0 Å². The molecule has 1 aromatic heterocycles. The number of nitrogens with zero attached hydrogens (tertiary/aromatic N) is 1. The SMILES string of the molecule is Cc1ccc(NN)c(F)n1. The number of nitrogen functional groups attached to an aromatic ring is 1. The number of halogens is 1. The molecule has 54 valence electrons. The average molecular weight is 141 g/mol. The molecule has 0 amide bonds. The topological polar surface area (TPSA) is 50.9 Å². The fraction of sp³-hybridized carbons (Fsp3) is 0.167. The molecular weight excluding hydrogens is 133 g/mol. The van der Waals surface area contributed by atoms with Gasteiger partial charge in [-0.3, -0.25) is 5.84 Å². The van der Waals surface area contributed by atoms with Crippen LogP contribution < -0.4 is 11.3 Å². The highest BCUT2D eigenvalue weighted by Crippen LogP contribution is 2.09. The van der Waals surface area contributed by atoms with Gasteiger partial charge in [0.05, 0.1) is 0 Å². The summed E-state index contributed by atoms with van der Waals surface area (Å²) in [6.45, 7) is 1.71. The highest BCUT2D eigenvalue weighted by atomic mass is 19.1. The lowest BCUT2D eigenvalue weighted by Crippen LogP contribution is -2.09. The molecule has 3 nitrogen and oxygen atoms in total. The van der Waals surface area contributed by atoms with Gasteiger partial charge in [0.1, 0.15) is 5.69 Å². The van der Waals surface area contributed by atoms with Gasteiger partial charge in [0, 0.05) is 5.69 Å². The van der Waals surface area contributed by atoms with Crippen molar-refractivity contribution in [2.24, 2.45) is 5.84 Å². The fourth-order valence-corrected chi connectivity index (χ4v) is 0.633. The minimum Gasteiger partial charge on any atom is -0.320 e. The van der Waals surface area contributed by atoms with E-state index in [1.807, 2.05) is 0 Å². The first-order valence-corrected chi connectivity index (χ1v) is 2.84. The number of nitrogens with two attached hydrogens (primary N) is 1. The zero-order valence-corrected chi connectivity index (χ0v) is 5.56. The largest absolute Gasteiger partial charge is 0.320 e. The zero-order chi connectivity index (χ0) is 7.56. The van der Waals surface area contributed by atoms with Crippen LogP contribution in [0.4, 0.5) is 10.1 Å². The molecule has 0 aliphatic rings. The second-order valence-corrected chi connectivity index (χ2v) is 1.94. The molecule has 0 bridgehead atoms. The molecule has 0 atom stereocenters. The van der Waals surface area contributed by atoms with Gasteiger partial charge in [-0.25, -0.2) is 4.98 Å². The summed E-state index contributed by atoms with van der Waals surface area (Å²) in [5, 5.41) is 0. The Morgan fingerprint density at radius 3 is 2.80 bits per heavy atom. The van der Waals surface area contributed by atoms with Gasteiger partial charge >= 0.3 is 0 Å². The maximum absolute atomic E-state index is 12.6. The van der Waals surface area contributed by atoms with Crippen LogP contribution in [-0.4, -0.2) is 4.98 Å². The lowest BCUT2D eigenvalue weighted by atomic mass is 10.3. The smallest absolute Gasteiger partial charge is 0.237 e. The standard InChI is InChI=1S/C6H8FN3/c1-4-2-3-5(10-8)6(7)9-4/h2-3,10H,8H2,1H3. The first kappa shape index (κ1) is 6.95. The van der Waals surface area contributed by atoms with Crippen molar-refractivity contribution in [1.82, 2.24) is 4.98 Å². The molecule has 0 spiro atoms. The molecule has 0 radical (unpaired) electrons. The van der Waals surface area contributed by atoms with Crippen LogP contribution in [-0.2, 0) is 0 Å². The van der Waals surface area contributed by atoms with E-state index in [2.05, 4.69) is 10.4 Å². The van der Waals surface area contributed by atoms with Gasteiger partial charge in [-0.05, 0) is 19.1 Å². The Kier molecular flexibility index (Phi) is 1.82. The summed E-state index contributed by atoms with van der Waals surface area (Å²) in [6, 6.07) is 3.22. The maximum atomic E-state index is 12.6. The molecule has 1 aromatic rings. The van der Waals surface area contributed by atoms with Gasteiger partial charge < -0.3 is 5.43 Å². The molecule has 0 aliphatic carbocycles. The summed E-state index contributed by atoms with van der Waals surface area (Å²) in [5.41, 5.74) is 3.03. The van der Waals surface area contributed by atoms with Gasteiger partial charge in [0.2, 0.25) is 5.95 Å². The zero-order valence-electron chi connectivity index (χ0n) is 5.56. The molecule has 0 aromatic carbocycles. The van der Waals surface area contributed by atoms with Crippen molar-refractivity contribution in [3.63, 3.8) is 0 Å². The minimum absolute atomic E-state index is 0.214. The van der Waals surface area contributed by atoms with Crippen LogP contribution >= 0.6 is 0 Å². The van der Waals surface area contributed by atoms with Crippen molar-refractivity contribution in [3.8, 4) is 0 Å². The number of nitrogens with one attached hydrogen (secondary N) is 1.